The molecule has 1 atom stereocenters. The minimum absolute atomic E-state index is 0.130. The summed E-state index contributed by atoms with van der Waals surface area (Å²) in [5.41, 5.74) is -0.130. The lowest BCUT2D eigenvalue weighted by atomic mass is 10.2. The Kier molecular flexibility index (Phi) is 2.31. The standard InChI is InChI=1S/C12H20N2OS/c1-3-9-13-12(6-7-12)10(15)14(9)8-11(16-2)4-5-11/h9,13H,3-8H2,1-2H3. The van der Waals surface area contributed by atoms with E-state index >= 15 is 0 Å². The molecule has 90 valence electrons. The van der Waals surface area contributed by atoms with E-state index in [2.05, 4.69) is 23.4 Å². The fraction of sp³-hybridized carbons (Fsp3) is 0.917. The maximum Gasteiger partial charge on any atom is 0.244 e. The number of rotatable bonds is 4. The van der Waals surface area contributed by atoms with Gasteiger partial charge < -0.3 is 4.90 Å². The first-order valence-corrected chi connectivity index (χ1v) is 7.51. The molecule has 1 saturated heterocycles. The monoisotopic (exact) mass is 240 g/mol. The molecule has 3 nitrogen and oxygen atoms in total. The third-order valence-electron chi connectivity index (χ3n) is 4.33. The van der Waals surface area contributed by atoms with Crippen molar-refractivity contribution in [1.82, 2.24) is 10.2 Å². The second-order valence-corrected chi connectivity index (χ2v) is 6.74. The Labute approximate surface area is 101 Å². The van der Waals surface area contributed by atoms with Crippen molar-refractivity contribution in [3.05, 3.63) is 0 Å². The summed E-state index contributed by atoms with van der Waals surface area (Å²) in [5, 5.41) is 3.53. The van der Waals surface area contributed by atoms with Gasteiger partial charge in [-0.2, -0.15) is 11.8 Å². The van der Waals surface area contributed by atoms with E-state index in [1.165, 1.54) is 12.8 Å². The fourth-order valence-corrected chi connectivity index (χ4v) is 3.52. The van der Waals surface area contributed by atoms with E-state index in [1.807, 2.05) is 11.8 Å². The predicted molar refractivity (Wildman–Crippen MR) is 66.4 cm³/mol. The molecular weight excluding hydrogens is 220 g/mol. The van der Waals surface area contributed by atoms with E-state index in [9.17, 15) is 4.79 Å². The summed E-state index contributed by atoms with van der Waals surface area (Å²) >= 11 is 1.94. The zero-order chi connectivity index (χ0) is 11.4. The van der Waals surface area contributed by atoms with Gasteiger partial charge in [0.25, 0.3) is 0 Å². The van der Waals surface area contributed by atoms with Crippen LogP contribution < -0.4 is 5.32 Å². The average molecular weight is 240 g/mol. The Hall–Kier alpha value is -0.220. The summed E-state index contributed by atoms with van der Waals surface area (Å²) in [6.45, 7) is 3.12. The molecule has 1 heterocycles. The Morgan fingerprint density at radius 3 is 2.56 bits per heavy atom. The lowest BCUT2D eigenvalue weighted by Gasteiger charge is -2.27. The van der Waals surface area contributed by atoms with Crippen molar-refractivity contribution in [2.75, 3.05) is 12.8 Å². The van der Waals surface area contributed by atoms with Crippen LogP contribution in [-0.2, 0) is 4.79 Å². The first-order valence-electron chi connectivity index (χ1n) is 6.29. The molecule has 3 aliphatic rings. The molecule has 2 saturated carbocycles. The van der Waals surface area contributed by atoms with Crippen LogP contribution in [0.1, 0.15) is 39.0 Å². The highest BCUT2D eigenvalue weighted by atomic mass is 32.2. The molecule has 0 aromatic carbocycles. The second-order valence-electron chi connectivity index (χ2n) is 5.47. The lowest BCUT2D eigenvalue weighted by Crippen LogP contribution is -2.41. The molecule has 3 fully saturated rings. The van der Waals surface area contributed by atoms with E-state index in [4.69, 9.17) is 0 Å². The second kappa shape index (κ2) is 3.39. The molecule has 1 spiro atoms. The molecule has 1 aliphatic heterocycles. The molecule has 3 rings (SSSR count). The van der Waals surface area contributed by atoms with Gasteiger partial charge in [-0.3, -0.25) is 10.1 Å². The summed E-state index contributed by atoms with van der Waals surface area (Å²) in [5.74, 6) is 0.375. The van der Waals surface area contributed by atoms with Gasteiger partial charge in [-0.15, -0.1) is 0 Å². The van der Waals surface area contributed by atoms with E-state index < -0.39 is 0 Å². The van der Waals surface area contributed by atoms with Gasteiger partial charge >= 0.3 is 0 Å². The Morgan fingerprint density at radius 1 is 1.44 bits per heavy atom. The number of hydrogen-bond donors (Lipinski definition) is 1. The van der Waals surface area contributed by atoms with Crippen molar-refractivity contribution in [2.45, 2.75) is 55.5 Å². The van der Waals surface area contributed by atoms with Crippen molar-refractivity contribution in [1.29, 1.82) is 0 Å². The van der Waals surface area contributed by atoms with Crippen LogP contribution in [0.25, 0.3) is 0 Å². The fourth-order valence-electron chi connectivity index (χ4n) is 2.74. The Morgan fingerprint density at radius 2 is 2.12 bits per heavy atom. The van der Waals surface area contributed by atoms with Crippen LogP contribution in [0.15, 0.2) is 0 Å². The lowest BCUT2D eigenvalue weighted by molar-refractivity contribution is -0.130. The highest BCUT2D eigenvalue weighted by Crippen LogP contribution is 2.50. The van der Waals surface area contributed by atoms with E-state index in [1.54, 1.807) is 0 Å². The van der Waals surface area contributed by atoms with Gasteiger partial charge in [0.05, 0.1) is 11.7 Å². The van der Waals surface area contributed by atoms with Gasteiger partial charge in [0, 0.05) is 11.3 Å². The molecular formula is C12H20N2OS. The molecule has 1 N–H and O–H groups in total. The van der Waals surface area contributed by atoms with Crippen LogP contribution in [0, 0.1) is 0 Å². The number of nitrogens with one attached hydrogen (secondary N) is 1. The number of carbonyl (C=O) groups is 1. The number of hydrogen-bond acceptors (Lipinski definition) is 3. The van der Waals surface area contributed by atoms with Gasteiger partial charge in [0.15, 0.2) is 0 Å². The number of amides is 1. The van der Waals surface area contributed by atoms with E-state index in [0.29, 0.717) is 16.8 Å². The number of thioether (sulfide) groups is 1. The Bertz CT molecular complexity index is 323. The van der Waals surface area contributed by atoms with Crippen molar-refractivity contribution >= 4 is 17.7 Å². The van der Waals surface area contributed by atoms with Gasteiger partial charge in [-0.05, 0) is 38.4 Å². The van der Waals surface area contributed by atoms with Crippen LogP contribution in [0.4, 0.5) is 0 Å². The molecule has 0 radical (unpaired) electrons. The summed E-state index contributed by atoms with van der Waals surface area (Å²) in [4.78, 5) is 14.5. The van der Waals surface area contributed by atoms with Crippen LogP contribution in [0.3, 0.4) is 0 Å². The number of carbonyl (C=O) groups excluding carboxylic acids is 1. The van der Waals surface area contributed by atoms with Crippen molar-refractivity contribution in [2.24, 2.45) is 0 Å². The van der Waals surface area contributed by atoms with Gasteiger partial charge in [0.1, 0.15) is 0 Å². The zero-order valence-corrected chi connectivity index (χ0v) is 10.9. The molecule has 0 aromatic heterocycles. The summed E-state index contributed by atoms with van der Waals surface area (Å²) in [6.07, 6.45) is 8.14. The minimum Gasteiger partial charge on any atom is -0.324 e. The van der Waals surface area contributed by atoms with E-state index in [-0.39, 0.29) is 5.54 Å². The third-order valence-corrected chi connectivity index (χ3v) is 5.73. The van der Waals surface area contributed by atoms with Crippen LogP contribution >= 0.6 is 11.8 Å². The smallest absolute Gasteiger partial charge is 0.244 e. The van der Waals surface area contributed by atoms with Crippen molar-refractivity contribution < 1.29 is 4.79 Å². The Balaban J connectivity index is 1.75. The highest BCUT2D eigenvalue weighted by molar-refractivity contribution is 8.00. The highest BCUT2D eigenvalue weighted by Gasteiger charge is 2.60. The van der Waals surface area contributed by atoms with Crippen molar-refractivity contribution in [3.8, 4) is 0 Å². The summed E-state index contributed by atoms with van der Waals surface area (Å²) in [7, 11) is 0. The molecule has 4 heteroatoms. The molecule has 2 aliphatic carbocycles. The van der Waals surface area contributed by atoms with Gasteiger partial charge in [-0.1, -0.05) is 6.92 Å². The predicted octanol–water partition coefficient (Wildman–Crippen LogP) is 1.58. The summed E-state index contributed by atoms with van der Waals surface area (Å²) in [6, 6.07) is 0. The average Bonchev–Trinajstić information content (AvgIpc) is 3.18. The first kappa shape index (κ1) is 10.9. The molecule has 0 aromatic rings. The zero-order valence-electron chi connectivity index (χ0n) is 10.1. The molecule has 1 unspecified atom stereocenters. The molecule has 16 heavy (non-hydrogen) atoms. The van der Waals surface area contributed by atoms with Gasteiger partial charge in [-0.25, -0.2) is 0 Å². The largest absolute Gasteiger partial charge is 0.324 e. The maximum atomic E-state index is 12.3. The number of nitrogens with zero attached hydrogens (tertiary/aromatic N) is 1. The molecule has 0 bridgehead atoms. The van der Waals surface area contributed by atoms with Crippen molar-refractivity contribution in [3.63, 3.8) is 0 Å². The van der Waals surface area contributed by atoms with Crippen LogP contribution in [0.2, 0.25) is 0 Å². The normalized spacial score (nSPS) is 33.5. The summed E-state index contributed by atoms with van der Waals surface area (Å²) < 4.78 is 0.394. The maximum absolute atomic E-state index is 12.3. The quantitative estimate of drug-likeness (QED) is 0.810. The minimum atomic E-state index is -0.130. The molecule has 1 amide bonds. The first-order chi connectivity index (χ1) is 7.65. The van der Waals surface area contributed by atoms with Crippen LogP contribution in [0.5, 0.6) is 0 Å². The van der Waals surface area contributed by atoms with Crippen LogP contribution in [-0.4, -0.2) is 40.1 Å². The topological polar surface area (TPSA) is 32.3 Å². The SMILES string of the molecule is CCC1NC2(CC2)C(=O)N1CC1(SC)CC1. The third kappa shape index (κ3) is 1.50. The van der Waals surface area contributed by atoms with E-state index in [0.717, 1.165) is 25.8 Å². The van der Waals surface area contributed by atoms with Gasteiger partial charge in [0.2, 0.25) is 5.91 Å².